The first-order valence-electron chi connectivity index (χ1n) is 6.90. The molecule has 1 aliphatic heterocycles. The Morgan fingerprint density at radius 3 is 2.61 bits per heavy atom. The summed E-state index contributed by atoms with van der Waals surface area (Å²) in [5, 5.41) is 3.00. The first-order valence-corrected chi connectivity index (χ1v) is 6.90. The minimum atomic E-state index is 0.0473. The van der Waals surface area contributed by atoms with Crippen LogP contribution in [0.5, 0.6) is 0 Å². The molecule has 2 amide bonds. The molecule has 0 atom stereocenters. The van der Waals surface area contributed by atoms with E-state index in [0.717, 1.165) is 37.5 Å². The van der Waals surface area contributed by atoms with Gasteiger partial charge < -0.3 is 10.2 Å². The third kappa shape index (κ3) is 2.35. The molecule has 2 fully saturated rings. The van der Waals surface area contributed by atoms with Gasteiger partial charge in [-0.25, -0.2) is 4.79 Å². The van der Waals surface area contributed by atoms with Gasteiger partial charge in [0.2, 0.25) is 0 Å². The molecule has 1 aromatic carbocycles. The molecular weight excluding hydrogens is 224 g/mol. The molecule has 2 aliphatic rings. The molecule has 0 radical (unpaired) electrons. The van der Waals surface area contributed by atoms with Crippen molar-refractivity contribution in [2.45, 2.75) is 38.5 Å². The van der Waals surface area contributed by atoms with E-state index in [1.807, 2.05) is 11.0 Å². The van der Waals surface area contributed by atoms with Crippen LogP contribution in [0, 0.1) is 6.92 Å². The van der Waals surface area contributed by atoms with Crippen molar-refractivity contribution in [1.82, 2.24) is 4.90 Å². The standard InChI is InChI=1S/C15H20N2O/c1-11-10-13(6-7-14(11)12-4-5-12)16-15(18)17-8-2-3-9-17/h6-7,10,12H,2-5,8-9H2,1H3,(H,16,18). The minimum Gasteiger partial charge on any atom is -0.325 e. The maximum absolute atomic E-state index is 12.0. The van der Waals surface area contributed by atoms with Gasteiger partial charge in [0.1, 0.15) is 0 Å². The monoisotopic (exact) mass is 244 g/mol. The van der Waals surface area contributed by atoms with Crippen LogP contribution in [-0.2, 0) is 0 Å². The van der Waals surface area contributed by atoms with E-state index < -0.39 is 0 Å². The zero-order valence-electron chi connectivity index (χ0n) is 10.9. The molecule has 1 aliphatic carbocycles. The summed E-state index contributed by atoms with van der Waals surface area (Å²) in [5.74, 6) is 0.772. The number of rotatable bonds is 2. The summed E-state index contributed by atoms with van der Waals surface area (Å²) in [6.07, 6.45) is 4.90. The fourth-order valence-electron chi connectivity index (χ4n) is 2.73. The highest BCUT2D eigenvalue weighted by Crippen LogP contribution is 2.41. The number of aryl methyl sites for hydroxylation is 1. The Morgan fingerprint density at radius 1 is 1.28 bits per heavy atom. The van der Waals surface area contributed by atoms with Crippen LogP contribution in [0.1, 0.15) is 42.7 Å². The fourth-order valence-corrected chi connectivity index (χ4v) is 2.73. The number of benzene rings is 1. The van der Waals surface area contributed by atoms with E-state index in [0.29, 0.717) is 0 Å². The minimum absolute atomic E-state index is 0.0473. The lowest BCUT2D eigenvalue weighted by atomic mass is 10.0. The summed E-state index contributed by atoms with van der Waals surface area (Å²) >= 11 is 0. The Morgan fingerprint density at radius 2 is 2.00 bits per heavy atom. The van der Waals surface area contributed by atoms with Gasteiger partial charge in [-0.2, -0.15) is 0 Å². The predicted molar refractivity (Wildman–Crippen MR) is 73.0 cm³/mol. The smallest absolute Gasteiger partial charge is 0.321 e. The second kappa shape index (κ2) is 4.63. The van der Waals surface area contributed by atoms with Crippen molar-refractivity contribution in [3.8, 4) is 0 Å². The fraction of sp³-hybridized carbons (Fsp3) is 0.533. The van der Waals surface area contributed by atoms with Crippen LogP contribution < -0.4 is 5.32 Å². The van der Waals surface area contributed by atoms with Gasteiger partial charge in [0.25, 0.3) is 0 Å². The van der Waals surface area contributed by atoms with Gasteiger partial charge in [-0.3, -0.25) is 0 Å². The van der Waals surface area contributed by atoms with Crippen molar-refractivity contribution in [2.75, 3.05) is 18.4 Å². The largest absolute Gasteiger partial charge is 0.325 e. The number of nitrogens with zero attached hydrogens (tertiary/aromatic N) is 1. The van der Waals surface area contributed by atoms with Crippen molar-refractivity contribution < 1.29 is 4.79 Å². The molecule has 0 unspecified atom stereocenters. The van der Waals surface area contributed by atoms with Gasteiger partial charge in [0, 0.05) is 18.8 Å². The van der Waals surface area contributed by atoms with Crippen LogP contribution >= 0.6 is 0 Å². The number of carbonyl (C=O) groups excluding carboxylic acids is 1. The van der Waals surface area contributed by atoms with Crippen molar-refractivity contribution in [3.05, 3.63) is 29.3 Å². The lowest BCUT2D eigenvalue weighted by molar-refractivity contribution is 0.222. The summed E-state index contributed by atoms with van der Waals surface area (Å²) in [4.78, 5) is 13.9. The number of urea groups is 1. The normalized spacial score (nSPS) is 19.1. The summed E-state index contributed by atoms with van der Waals surface area (Å²) in [6.45, 7) is 3.93. The number of likely N-dealkylation sites (tertiary alicyclic amines) is 1. The van der Waals surface area contributed by atoms with Crippen molar-refractivity contribution >= 4 is 11.7 Å². The van der Waals surface area contributed by atoms with E-state index in [9.17, 15) is 4.79 Å². The molecular formula is C15H20N2O. The Balaban J connectivity index is 1.68. The van der Waals surface area contributed by atoms with Crippen LogP contribution in [0.15, 0.2) is 18.2 Å². The Hall–Kier alpha value is -1.51. The molecule has 96 valence electrons. The summed E-state index contributed by atoms with van der Waals surface area (Å²) in [5.41, 5.74) is 3.68. The first kappa shape index (κ1) is 11.6. The number of anilines is 1. The highest BCUT2D eigenvalue weighted by molar-refractivity contribution is 5.89. The SMILES string of the molecule is Cc1cc(NC(=O)N2CCCC2)ccc1C1CC1. The number of hydrogen-bond acceptors (Lipinski definition) is 1. The topological polar surface area (TPSA) is 32.3 Å². The predicted octanol–water partition coefficient (Wildman–Crippen LogP) is 3.50. The third-order valence-corrected chi connectivity index (χ3v) is 3.93. The lowest BCUT2D eigenvalue weighted by Gasteiger charge is -2.17. The average Bonchev–Trinajstić information content (AvgIpc) is 3.03. The van der Waals surface area contributed by atoms with E-state index in [4.69, 9.17) is 0 Å². The molecule has 1 heterocycles. The molecule has 1 saturated heterocycles. The molecule has 1 saturated carbocycles. The molecule has 18 heavy (non-hydrogen) atoms. The molecule has 1 N–H and O–H groups in total. The lowest BCUT2D eigenvalue weighted by Crippen LogP contribution is -2.32. The Bertz CT molecular complexity index is 460. The Labute approximate surface area is 108 Å². The van der Waals surface area contributed by atoms with E-state index >= 15 is 0 Å². The molecule has 3 rings (SSSR count). The van der Waals surface area contributed by atoms with Crippen LogP contribution in [0.2, 0.25) is 0 Å². The van der Waals surface area contributed by atoms with Gasteiger partial charge >= 0.3 is 6.03 Å². The molecule has 0 aromatic heterocycles. The van der Waals surface area contributed by atoms with E-state index in [2.05, 4.69) is 24.4 Å². The van der Waals surface area contributed by atoms with Gasteiger partial charge in [-0.15, -0.1) is 0 Å². The van der Waals surface area contributed by atoms with Crippen LogP contribution in [0.25, 0.3) is 0 Å². The maximum atomic E-state index is 12.0. The maximum Gasteiger partial charge on any atom is 0.321 e. The highest BCUT2D eigenvalue weighted by atomic mass is 16.2. The number of carbonyl (C=O) groups is 1. The number of amides is 2. The summed E-state index contributed by atoms with van der Waals surface area (Å²) < 4.78 is 0. The first-order chi connectivity index (χ1) is 8.74. The average molecular weight is 244 g/mol. The van der Waals surface area contributed by atoms with E-state index in [-0.39, 0.29) is 6.03 Å². The summed E-state index contributed by atoms with van der Waals surface area (Å²) in [7, 11) is 0. The van der Waals surface area contributed by atoms with Crippen molar-refractivity contribution in [1.29, 1.82) is 0 Å². The van der Waals surface area contributed by atoms with Gasteiger partial charge in [-0.05, 0) is 61.8 Å². The molecule has 1 aromatic rings. The second-order valence-electron chi connectivity index (χ2n) is 5.47. The van der Waals surface area contributed by atoms with Crippen LogP contribution in [0.3, 0.4) is 0 Å². The van der Waals surface area contributed by atoms with Gasteiger partial charge in [0.15, 0.2) is 0 Å². The highest BCUT2D eigenvalue weighted by Gasteiger charge is 2.25. The molecule has 3 nitrogen and oxygen atoms in total. The zero-order chi connectivity index (χ0) is 12.5. The van der Waals surface area contributed by atoms with Crippen LogP contribution in [0.4, 0.5) is 10.5 Å². The third-order valence-electron chi connectivity index (χ3n) is 3.93. The van der Waals surface area contributed by atoms with Crippen molar-refractivity contribution in [3.63, 3.8) is 0 Å². The quantitative estimate of drug-likeness (QED) is 0.848. The zero-order valence-corrected chi connectivity index (χ0v) is 10.9. The number of nitrogens with one attached hydrogen (secondary N) is 1. The van der Waals surface area contributed by atoms with E-state index in [1.165, 1.54) is 24.0 Å². The number of hydrogen-bond donors (Lipinski definition) is 1. The second-order valence-corrected chi connectivity index (χ2v) is 5.47. The van der Waals surface area contributed by atoms with E-state index in [1.54, 1.807) is 0 Å². The Kier molecular flexibility index (Phi) is 2.98. The summed E-state index contributed by atoms with van der Waals surface area (Å²) in [6, 6.07) is 6.36. The van der Waals surface area contributed by atoms with Crippen molar-refractivity contribution in [2.24, 2.45) is 0 Å². The van der Waals surface area contributed by atoms with Gasteiger partial charge in [-0.1, -0.05) is 6.07 Å². The molecule has 0 bridgehead atoms. The van der Waals surface area contributed by atoms with Gasteiger partial charge in [0.05, 0.1) is 0 Å². The molecule has 3 heteroatoms. The molecule has 0 spiro atoms. The van der Waals surface area contributed by atoms with Crippen LogP contribution in [-0.4, -0.2) is 24.0 Å².